The summed E-state index contributed by atoms with van der Waals surface area (Å²) in [4.78, 5) is 19.7. The number of anilines is 1. The van der Waals surface area contributed by atoms with Crippen LogP contribution in [0.1, 0.15) is 52.9 Å². The number of nitrogens with zero attached hydrogens (tertiary/aromatic N) is 3. The van der Waals surface area contributed by atoms with Gasteiger partial charge in [0, 0.05) is 36.0 Å². The van der Waals surface area contributed by atoms with Gasteiger partial charge in [0.05, 0.1) is 29.5 Å². The molecule has 0 unspecified atom stereocenters. The standard InChI is InChI=1S/C26H28F2N4O2/c1-5-32-18(4)21-14-16(2)13-20(17(3)29-22-10-7-6-9-19(22)24(33)34)23(21)30-25(32)31-12-8-11-26(27,28)15-31/h5-7,9-10,13-14,17,29H,1,4,8,11-12,15H2,2-3H3,(H,33,34)/t17-/m1/s1. The number of fused-ring (bicyclic) bond motifs is 1. The highest BCUT2D eigenvalue weighted by atomic mass is 19.3. The Balaban J connectivity index is 1.79. The van der Waals surface area contributed by atoms with Crippen molar-refractivity contribution in [3.8, 4) is 0 Å². The Kier molecular flexibility index (Phi) is 6.17. The largest absolute Gasteiger partial charge is 0.478 e. The number of hydrogen-bond donors (Lipinski definition) is 2. The van der Waals surface area contributed by atoms with Gasteiger partial charge in [-0.1, -0.05) is 31.4 Å². The Morgan fingerprint density at radius 1 is 1.32 bits per heavy atom. The smallest absolute Gasteiger partial charge is 0.337 e. The molecule has 0 bridgehead atoms. The van der Waals surface area contributed by atoms with Crippen molar-refractivity contribution in [3.05, 3.63) is 78.0 Å². The third-order valence-corrected chi connectivity index (χ3v) is 6.17. The Bertz CT molecular complexity index is 1190. The van der Waals surface area contributed by atoms with Gasteiger partial charge in [-0.3, -0.25) is 4.90 Å². The fourth-order valence-electron chi connectivity index (χ4n) is 4.54. The lowest BCUT2D eigenvalue weighted by Gasteiger charge is -2.40. The molecule has 2 N–H and O–H groups in total. The Hall–Kier alpha value is -3.68. The van der Waals surface area contributed by atoms with E-state index in [-0.39, 0.29) is 18.0 Å². The van der Waals surface area contributed by atoms with E-state index in [1.165, 1.54) is 0 Å². The van der Waals surface area contributed by atoms with E-state index >= 15 is 0 Å². The lowest BCUT2D eigenvalue weighted by atomic mass is 9.95. The van der Waals surface area contributed by atoms with Crippen molar-refractivity contribution in [2.24, 2.45) is 4.99 Å². The molecule has 0 aliphatic carbocycles. The predicted molar refractivity (Wildman–Crippen MR) is 131 cm³/mol. The number of carbonyl (C=O) groups is 1. The molecule has 0 radical (unpaired) electrons. The van der Waals surface area contributed by atoms with Gasteiger partial charge in [0.25, 0.3) is 5.92 Å². The molecule has 0 saturated carbocycles. The highest BCUT2D eigenvalue weighted by molar-refractivity contribution is 5.98. The predicted octanol–water partition coefficient (Wildman–Crippen LogP) is 6.01. The molecular weight excluding hydrogens is 438 g/mol. The zero-order chi connectivity index (χ0) is 24.6. The number of carboxylic acids is 1. The number of aryl methyl sites for hydroxylation is 1. The third-order valence-electron chi connectivity index (χ3n) is 6.17. The van der Waals surface area contributed by atoms with Gasteiger partial charge < -0.3 is 15.3 Å². The second-order valence-corrected chi connectivity index (χ2v) is 8.76. The maximum absolute atomic E-state index is 14.2. The van der Waals surface area contributed by atoms with Crippen LogP contribution in [0.25, 0.3) is 5.70 Å². The van der Waals surface area contributed by atoms with Crippen LogP contribution in [0.3, 0.4) is 0 Å². The summed E-state index contributed by atoms with van der Waals surface area (Å²) in [5, 5.41) is 12.8. The summed E-state index contributed by atoms with van der Waals surface area (Å²) in [7, 11) is 0. The van der Waals surface area contributed by atoms with Crippen LogP contribution in [-0.4, -0.2) is 45.8 Å². The molecule has 8 heteroatoms. The molecule has 34 heavy (non-hydrogen) atoms. The highest BCUT2D eigenvalue weighted by Crippen LogP contribution is 2.42. The van der Waals surface area contributed by atoms with E-state index in [9.17, 15) is 18.7 Å². The first-order valence-electron chi connectivity index (χ1n) is 11.2. The second kappa shape index (κ2) is 8.93. The normalized spacial score (nSPS) is 18.1. The molecule has 2 aliphatic heterocycles. The molecule has 1 saturated heterocycles. The third kappa shape index (κ3) is 4.40. The Morgan fingerprint density at radius 3 is 2.74 bits per heavy atom. The van der Waals surface area contributed by atoms with Gasteiger partial charge in [0.1, 0.15) is 0 Å². The summed E-state index contributed by atoms with van der Waals surface area (Å²) in [5.74, 6) is -3.45. The number of likely N-dealkylation sites (tertiary alicyclic amines) is 1. The number of nitrogens with one attached hydrogen (secondary N) is 1. The molecule has 178 valence electrons. The van der Waals surface area contributed by atoms with Gasteiger partial charge in [0.2, 0.25) is 5.96 Å². The van der Waals surface area contributed by atoms with E-state index in [1.807, 2.05) is 26.0 Å². The number of benzene rings is 2. The van der Waals surface area contributed by atoms with E-state index < -0.39 is 18.4 Å². The topological polar surface area (TPSA) is 68.2 Å². The minimum atomic E-state index is -2.79. The van der Waals surface area contributed by atoms with E-state index in [1.54, 1.807) is 40.3 Å². The SMILES string of the molecule is C=CN1C(=C)c2cc(C)cc([C@@H](C)Nc3ccccc3C(=O)O)c2N=C1N1CCCC(F)(F)C1. The van der Waals surface area contributed by atoms with Gasteiger partial charge in [0.15, 0.2) is 0 Å². The van der Waals surface area contributed by atoms with Crippen LogP contribution in [0.15, 0.2) is 60.7 Å². The molecule has 2 aliphatic rings. The van der Waals surface area contributed by atoms with Crippen LogP contribution >= 0.6 is 0 Å². The average molecular weight is 467 g/mol. The van der Waals surface area contributed by atoms with Crippen molar-refractivity contribution in [1.82, 2.24) is 9.80 Å². The van der Waals surface area contributed by atoms with Crippen LogP contribution in [0.4, 0.5) is 20.2 Å². The number of hydrogen-bond acceptors (Lipinski definition) is 5. The van der Waals surface area contributed by atoms with Crippen molar-refractivity contribution >= 4 is 29.0 Å². The molecule has 1 atom stereocenters. The number of alkyl halides is 2. The van der Waals surface area contributed by atoms with Crippen LogP contribution in [0.5, 0.6) is 0 Å². The Labute approximate surface area is 197 Å². The average Bonchev–Trinajstić information content (AvgIpc) is 2.78. The van der Waals surface area contributed by atoms with E-state index in [0.29, 0.717) is 36.0 Å². The van der Waals surface area contributed by atoms with Crippen molar-refractivity contribution in [2.45, 2.75) is 38.7 Å². The minimum absolute atomic E-state index is 0.142. The van der Waals surface area contributed by atoms with E-state index in [4.69, 9.17) is 4.99 Å². The minimum Gasteiger partial charge on any atom is -0.478 e. The molecule has 2 aromatic carbocycles. The van der Waals surface area contributed by atoms with Crippen molar-refractivity contribution in [1.29, 1.82) is 0 Å². The van der Waals surface area contributed by atoms with E-state index in [0.717, 1.165) is 16.7 Å². The summed E-state index contributed by atoms with van der Waals surface area (Å²) < 4.78 is 28.4. The lowest BCUT2D eigenvalue weighted by molar-refractivity contribution is -0.0482. The molecule has 0 amide bonds. The van der Waals surface area contributed by atoms with Crippen molar-refractivity contribution < 1.29 is 18.7 Å². The fourth-order valence-corrected chi connectivity index (χ4v) is 4.54. The number of rotatable bonds is 5. The fraction of sp³-hybridized carbons (Fsp3) is 0.308. The number of piperidine rings is 1. The molecular formula is C26H28F2N4O2. The summed E-state index contributed by atoms with van der Waals surface area (Å²) in [5.41, 5.74) is 4.46. The van der Waals surface area contributed by atoms with Gasteiger partial charge in [-0.05, 0) is 44.0 Å². The van der Waals surface area contributed by atoms with Gasteiger partial charge in [-0.15, -0.1) is 0 Å². The molecule has 2 aromatic rings. The first-order valence-corrected chi connectivity index (χ1v) is 11.2. The van der Waals surface area contributed by atoms with E-state index in [2.05, 4.69) is 18.5 Å². The number of guanidine groups is 1. The number of aliphatic imine (C=N–C) groups is 1. The molecule has 6 nitrogen and oxygen atoms in total. The highest BCUT2D eigenvalue weighted by Gasteiger charge is 2.39. The molecule has 1 fully saturated rings. The van der Waals surface area contributed by atoms with Crippen LogP contribution in [0.2, 0.25) is 0 Å². The maximum Gasteiger partial charge on any atom is 0.337 e. The molecule has 2 heterocycles. The number of aromatic carboxylic acids is 1. The summed E-state index contributed by atoms with van der Waals surface area (Å²) in [6.07, 6.45) is 1.77. The zero-order valence-corrected chi connectivity index (χ0v) is 19.3. The first-order chi connectivity index (χ1) is 16.1. The van der Waals surface area contributed by atoms with Crippen LogP contribution < -0.4 is 5.32 Å². The van der Waals surface area contributed by atoms with Gasteiger partial charge in [-0.2, -0.15) is 0 Å². The van der Waals surface area contributed by atoms with Crippen molar-refractivity contribution in [2.75, 3.05) is 18.4 Å². The Morgan fingerprint density at radius 2 is 2.06 bits per heavy atom. The zero-order valence-electron chi connectivity index (χ0n) is 19.3. The lowest BCUT2D eigenvalue weighted by Crippen LogP contribution is -2.50. The number of halogens is 2. The number of carboxylic acid groups (broad SMARTS) is 1. The molecule has 0 aromatic heterocycles. The summed E-state index contributed by atoms with van der Waals surface area (Å²) in [6, 6.07) is 10.3. The van der Waals surface area contributed by atoms with Gasteiger partial charge in [-0.25, -0.2) is 18.6 Å². The first kappa shape index (κ1) is 23.5. The quantitative estimate of drug-likeness (QED) is 0.564. The second-order valence-electron chi connectivity index (χ2n) is 8.76. The maximum atomic E-state index is 14.2. The van der Waals surface area contributed by atoms with Crippen molar-refractivity contribution in [3.63, 3.8) is 0 Å². The summed E-state index contributed by atoms with van der Waals surface area (Å²) >= 11 is 0. The van der Waals surface area contributed by atoms with Crippen LogP contribution in [-0.2, 0) is 0 Å². The van der Waals surface area contributed by atoms with Gasteiger partial charge >= 0.3 is 5.97 Å². The molecule has 4 rings (SSSR count). The summed E-state index contributed by atoms with van der Waals surface area (Å²) in [6.45, 7) is 12.0. The monoisotopic (exact) mass is 466 g/mol. The van der Waals surface area contributed by atoms with Crippen LogP contribution in [0, 0.1) is 6.92 Å². The molecule has 0 spiro atoms. The number of para-hydroxylation sites is 1.